The lowest BCUT2D eigenvalue weighted by molar-refractivity contribution is -0.00716. The molecule has 0 bridgehead atoms. The molecule has 8 heteroatoms. The molecule has 0 aliphatic carbocycles. The highest BCUT2D eigenvalue weighted by Crippen LogP contribution is 2.46. The molecule has 2 aromatic heterocycles. The molecule has 35 heavy (non-hydrogen) atoms. The SMILES string of the molecule is COc1ccc(C2OCC(C)(C)n3c(-c4cccc(C)c4)c4c(=O)n(C)c(=O)n(C)c4c32)cc1O. The van der Waals surface area contributed by atoms with Gasteiger partial charge in [0.05, 0.1) is 41.5 Å². The Bertz CT molecular complexity index is 1610. The molecule has 0 radical (unpaired) electrons. The summed E-state index contributed by atoms with van der Waals surface area (Å²) in [7, 11) is 4.67. The number of aryl methyl sites for hydroxylation is 2. The van der Waals surface area contributed by atoms with E-state index in [0.29, 0.717) is 34.5 Å². The second kappa shape index (κ2) is 7.88. The summed E-state index contributed by atoms with van der Waals surface area (Å²) in [6, 6.07) is 13.1. The lowest BCUT2D eigenvalue weighted by atomic mass is 9.97. The van der Waals surface area contributed by atoms with Gasteiger partial charge in [-0.15, -0.1) is 0 Å². The first-order valence-corrected chi connectivity index (χ1v) is 11.5. The number of phenols is 1. The summed E-state index contributed by atoms with van der Waals surface area (Å²) < 4.78 is 16.4. The fourth-order valence-corrected chi connectivity index (χ4v) is 5.19. The van der Waals surface area contributed by atoms with Gasteiger partial charge in [-0.25, -0.2) is 4.79 Å². The first kappa shape index (κ1) is 23.0. The van der Waals surface area contributed by atoms with E-state index in [1.807, 2.05) is 37.3 Å². The predicted molar refractivity (Wildman–Crippen MR) is 134 cm³/mol. The number of methoxy groups -OCH3 is 1. The fraction of sp³-hybridized carbons (Fsp3) is 0.333. The molecule has 4 aromatic rings. The third-order valence-electron chi connectivity index (χ3n) is 6.86. The minimum absolute atomic E-state index is 0.00967. The Balaban J connectivity index is 1.98. The molecule has 1 N–H and O–H groups in total. The van der Waals surface area contributed by atoms with Crippen LogP contribution in [0.1, 0.15) is 36.8 Å². The van der Waals surface area contributed by atoms with E-state index >= 15 is 0 Å². The summed E-state index contributed by atoms with van der Waals surface area (Å²) >= 11 is 0. The molecule has 2 aromatic carbocycles. The number of rotatable bonds is 3. The second-order valence-corrected chi connectivity index (χ2v) is 9.80. The monoisotopic (exact) mass is 475 g/mol. The van der Waals surface area contributed by atoms with Crippen LogP contribution in [0.25, 0.3) is 22.2 Å². The maximum atomic E-state index is 13.6. The minimum atomic E-state index is -0.612. The van der Waals surface area contributed by atoms with E-state index in [1.165, 1.54) is 18.7 Å². The van der Waals surface area contributed by atoms with Crippen molar-refractivity contribution in [2.75, 3.05) is 13.7 Å². The summed E-state index contributed by atoms with van der Waals surface area (Å²) in [4.78, 5) is 26.7. The molecular weight excluding hydrogens is 446 g/mol. The Labute approximate surface area is 202 Å². The Hall–Kier alpha value is -3.78. The van der Waals surface area contributed by atoms with Gasteiger partial charge in [0.1, 0.15) is 6.10 Å². The van der Waals surface area contributed by atoms with E-state index in [2.05, 4.69) is 18.4 Å². The summed E-state index contributed by atoms with van der Waals surface area (Å²) in [6.45, 7) is 6.49. The Kier molecular flexibility index (Phi) is 5.18. The van der Waals surface area contributed by atoms with Crippen LogP contribution in [0.5, 0.6) is 11.5 Å². The van der Waals surface area contributed by atoms with Crippen molar-refractivity contribution in [1.29, 1.82) is 0 Å². The summed E-state index contributed by atoms with van der Waals surface area (Å²) in [5, 5.41) is 11.0. The molecule has 0 fully saturated rings. The van der Waals surface area contributed by atoms with E-state index in [0.717, 1.165) is 21.4 Å². The van der Waals surface area contributed by atoms with Gasteiger partial charge >= 0.3 is 5.69 Å². The molecule has 1 unspecified atom stereocenters. The van der Waals surface area contributed by atoms with Crippen molar-refractivity contribution in [2.45, 2.75) is 32.4 Å². The number of fused-ring (bicyclic) bond motifs is 3. The number of hydrogen-bond acceptors (Lipinski definition) is 5. The molecule has 0 saturated heterocycles. The number of nitrogens with zero attached hydrogens (tertiary/aromatic N) is 3. The van der Waals surface area contributed by atoms with Crippen molar-refractivity contribution < 1.29 is 14.6 Å². The quantitative estimate of drug-likeness (QED) is 0.489. The number of phenolic OH excluding ortho intramolecular Hbond substituents is 1. The zero-order chi connectivity index (χ0) is 25.2. The normalized spacial score (nSPS) is 16.9. The van der Waals surface area contributed by atoms with Crippen LogP contribution in [0, 0.1) is 6.92 Å². The van der Waals surface area contributed by atoms with Crippen LogP contribution < -0.4 is 16.0 Å². The minimum Gasteiger partial charge on any atom is -0.504 e. The van der Waals surface area contributed by atoms with E-state index in [4.69, 9.17) is 9.47 Å². The standard InChI is InChI=1S/C27H29N3O5/c1-15-8-7-9-16(12-15)21-20-22(28(4)26(33)29(5)25(20)32)23-24(35-14-27(2,3)30(21)23)17-10-11-19(34-6)18(31)13-17/h7-13,24,31H,14H2,1-6H3. The van der Waals surface area contributed by atoms with Gasteiger partial charge in [-0.2, -0.15) is 0 Å². The molecule has 8 nitrogen and oxygen atoms in total. The first-order valence-electron chi connectivity index (χ1n) is 11.5. The largest absolute Gasteiger partial charge is 0.504 e. The molecule has 1 aliphatic heterocycles. The van der Waals surface area contributed by atoms with Gasteiger partial charge < -0.3 is 19.1 Å². The van der Waals surface area contributed by atoms with Gasteiger partial charge in [0.25, 0.3) is 5.56 Å². The van der Waals surface area contributed by atoms with Gasteiger partial charge in [-0.1, -0.05) is 29.8 Å². The van der Waals surface area contributed by atoms with Crippen LogP contribution in [0.4, 0.5) is 0 Å². The molecule has 3 heterocycles. The first-order chi connectivity index (χ1) is 16.6. The Morgan fingerprint density at radius 1 is 1.09 bits per heavy atom. The highest BCUT2D eigenvalue weighted by molar-refractivity contribution is 5.97. The zero-order valence-electron chi connectivity index (χ0n) is 20.7. The third-order valence-corrected chi connectivity index (χ3v) is 6.86. The summed E-state index contributed by atoms with van der Waals surface area (Å²) in [5.74, 6) is 0.344. The van der Waals surface area contributed by atoms with E-state index < -0.39 is 17.3 Å². The molecule has 0 amide bonds. The molecule has 1 atom stereocenters. The topological polar surface area (TPSA) is 87.6 Å². The van der Waals surface area contributed by atoms with Crippen molar-refractivity contribution in [1.82, 2.24) is 13.7 Å². The van der Waals surface area contributed by atoms with E-state index in [-0.39, 0.29) is 11.3 Å². The number of aromatic nitrogens is 3. The van der Waals surface area contributed by atoms with Crippen molar-refractivity contribution >= 4 is 10.9 Å². The van der Waals surface area contributed by atoms with Gasteiger partial charge in [0.15, 0.2) is 11.5 Å². The summed E-state index contributed by atoms with van der Waals surface area (Å²) in [5.41, 5.74) is 3.36. The molecule has 0 saturated carbocycles. The van der Waals surface area contributed by atoms with Crippen molar-refractivity contribution in [3.63, 3.8) is 0 Å². The maximum Gasteiger partial charge on any atom is 0.331 e. The van der Waals surface area contributed by atoms with Gasteiger partial charge in [0, 0.05) is 14.1 Å². The van der Waals surface area contributed by atoms with Crippen molar-refractivity contribution in [3.05, 3.63) is 80.1 Å². The highest BCUT2D eigenvalue weighted by atomic mass is 16.5. The highest BCUT2D eigenvalue weighted by Gasteiger charge is 2.40. The maximum absolute atomic E-state index is 13.6. The lowest BCUT2D eigenvalue weighted by Crippen LogP contribution is -2.40. The predicted octanol–water partition coefficient (Wildman–Crippen LogP) is 3.58. The van der Waals surface area contributed by atoms with Gasteiger partial charge in [-0.05, 0) is 50.1 Å². The van der Waals surface area contributed by atoms with Gasteiger partial charge in [-0.3, -0.25) is 13.9 Å². The van der Waals surface area contributed by atoms with Crippen LogP contribution >= 0.6 is 0 Å². The third kappa shape index (κ3) is 3.31. The zero-order valence-corrected chi connectivity index (χ0v) is 20.7. The molecule has 182 valence electrons. The fourth-order valence-electron chi connectivity index (χ4n) is 5.19. The number of benzene rings is 2. The average molecular weight is 476 g/mol. The van der Waals surface area contributed by atoms with Gasteiger partial charge in [0.2, 0.25) is 0 Å². The molecule has 1 aliphatic rings. The molecule has 0 spiro atoms. The van der Waals surface area contributed by atoms with Crippen LogP contribution in [-0.4, -0.2) is 32.5 Å². The number of hydrogen-bond donors (Lipinski definition) is 1. The van der Waals surface area contributed by atoms with Crippen LogP contribution in [0.3, 0.4) is 0 Å². The number of aromatic hydroxyl groups is 1. The second-order valence-electron chi connectivity index (χ2n) is 9.80. The molecular formula is C27H29N3O5. The van der Waals surface area contributed by atoms with Crippen LogP contribution in [0.15, 0.2) is 52.1 Å². The van der Waals surface area contributed by atoms with Crippen LogP contribution in [-0.2, 0) is 24.4 Å². The summed E-state index contributed by atoms with van der Waals surface area (Å²) in [6.07, 6.45) is -0.612. The van der Waals surface area contributed by atoms with Crippen LogP contribution in [0.2, 0.25) is 0 Å². The molecule has 5 rings (SSSR count). The average Bonchev–Trinajstić information content (AvgIpc) is 3.19. The Morgan fingerprint density at radius 3 is 2.49 bits per heavy atom. The van der Waals surface area contributed by atoms with Crippen molar-refractivity contribution in [3.8, 4) is 22.8 Å². The van der Waals surface area contributed by atoms with E-state index in [1.54, 1.807) is 19.2 Å². The lowest BCUT2D eigenvalue weighted by Gasteiger charge is -2.39. The van der Waals surface area contributed by atoms with E-state index in [9.17, 15) is 14.7 Å². The smallest absolute Gasteiger partial charge is 0.331 e. The van der Waals surface area contributed by atoms with Crippen molar-refractivity contribution in [2.24, 2.45) is 14.1 Å². The number of ether oxygens (including phenoxy) is 2. The Morgan fingerprint density at radius 2 is 1.83 bits per heavy atom.